The van der Waals surface area contributed by atoms with Gasteiger partial charge in [0.2, 0.25) is 5.91 Å². The fourth-order valence-corrected chi connectivity index (χ4v) is 4.86. The maximum atomic E-state index is 12.5. The fourth-order valence-electron chi connectivity index (χ4n) is 3.97. The van der Waals surface area contributed by atoms with E-state index in [0.717, 1.165) is 42.0 Å². The van der Waals surface area contributed by atoms with E-state index in [-0.39, 0.29) is 16.7 Å². The van der Waals surface area contributed by atoms with Crippen LogP contribution in [0, 0.1) is 0 Å². The quantitative estimate of drug-likeness (QED) is 0.410. The highest BCUT2D eigenvalue weighted by atomic mass is 32.1. The number of piperidine rings is 1. The number of hydrogen-bond acceptors (Lipinski definition) is 5. The van der Waals surface area contributed by atoms with Crippen LogP contribution in [0.2, 0.25) is 0 Å². The van der Waals surface area contributed by atoms with Crippen molar-refractivity contribution in [2.45, 2.75) is 31.8 Å². The Morgan fingerprint density at radius 2 is 2.10 bits per heavy atom. The van der Waals surface area contributed by atoms with E-state index in [9.17, 15) is 9.59 Å². The van der Waals surface area contributed by atoms with Crippen LogP contribution in [0.3, 0.4) is 0 Å². The van der Waals surface area contributed by atoms with E-state index in [0.29, 0.717) is 26.3 Å². The Morgan fingerprint density at radius 3 is 2.90 bits per heavy atom. The van der Waals surface area contributed by atoms with Gasteiger partial charge in [-0.05, 0) is 25.0 Å². The second-order valence-electron chi connectivity index (χ2n) is 7.43. The van der Waals surface area contributed by atoms with Crippen LogP contribution < -0.4 is 4.87 Å². The first-order valence-corrected chi connectivity index (χ1v) is 11.0. The van der Waals surface area contributed by atoms with Crippen molar-refractivity contribution < 1.29 is 9.53 Å². The Bertz CT molecular complexity index is 1080. The number of thiazole rings is 1. The summed E-state index contributed by atoms with van der Waals surface area (Å²) in [5, 5.41) is 0. The van der Waals surface area contributed by atoms with Gasteiger partial charge in [0.15, 0.2) is 0 Å². The number of hydrogen-bond donors (Lipinski definition) is 0. The van der Waals surface area contributed by atoms with Gasteiger partial charge in [-0.2, -0.15) is 0 Å². The van der Waals surface area contributed by atoms with Crippen LogP contribution in [-0.2, 0) is 16.2 Å². The predicted octanol–water partition coefficient (Wildman–Crippen LogP) is 3.06. The summed E-state index contributed by atoms with van der Waals surface area (Å²) in [5.41, 5.74) is 0.950. The number of amides is 1. The average Bonchev–Trinajstić information content (AvgIpc) is 3.36. The SMILES string of the molecule is C=CCOCCC(=O)N1CCC(c2nccn2Cn2c(=O)sc3ccccc32)CC1. The molecule has 2 aromatic heterocycles. The highest BCUT2D eigenvalue weighted by Gasteiger charge is 2.26. The lowest BCUT2D eigenvalue weighted by Crippen LogP contribution is -2.38. The molecule has 3 aromatic rings. The van der Waals surface area contributed by atoms with Crippen molar-refractivity contribution in [3.63, 3.8) is 0 Å². The van der Waals surface area contributed by atoms with E-state index < -0.39 is 0 Å². The van der Waals surface area contributed by atoms with Crippen LogP contribution in [0.1, 0.15) is 31.0 Å². The molecule has 1 aliphatic rings. The summed E-state index contributed by atoms with van der Waals surface area (Å²) >= 11 is 1.27. The lowest BCUT2D eigenvalue weighted by Gasteiger charge is -2.32. The standard InChI is InChI=1S/C22H26N4O3S/c1-2-14-29-15-9-20(27)24-11-7-17(8-12-24)21-23-10-13-25(21)16-26-18-5-3-4-6-19(18)30-22(26)28/h2-6,10,13,17H,1,7-9,11-12,14-16H2. The van der Waals surface area contributed by atoms with Gasteiger partial charge in [-0.1, -0.05) is 29.5 Å². The Morgan fingerprint density at radius 1 is 1.30 bits per heavy atom. The Kier molecular flexibility index (Phi) is 6.44. The van der Waals surface area contributed by atoms with Crippen molar-refractivity contribution in [2.75, 3.05) is 26.3 Å². The summed E-state index contributed by atoms with van der Waals surface area (Å²) in [5.74, 6) is 1.40. The van der Waals surface area contributed by atoms with Crippen molar-refractivity contribution in [1.82, 2.24) is 19.0 Å². The maximum absolute atomic E-state index is 12.5. The summed E-state index contributed by atoms with van der Waals surface area (Å²) in [4.78, 5) is 31.4. The second-order valence-corrected chi connectivity index (χ2v) is 8.42. The zero-order chi connectivity index (χ0) is 20.9. The largest absolute Gasteiger partial charge is 0.377 e. The van der Waals surface area contributed by atoms with E-state index in [4.69, 9.17) is 4.74 Å². The van der Waals surface area contributed by atoms with Crippen molar-refractivity contribution in [1.29, 1.82) is 0 Å². The molecule has 0 spiro atoms. The van der Waals surface area contributed by atoms with Crippen LogP contribution in [0.15, 0.2) is 54.1 Å². The molecule has 1 fully saturated rings. The molecule has 0 saturated carbocycles. The van der Waals surface area contributed by atoms with Crippen LogP contribution in [0.5, 0.6) is 0 Å². The van der Waals surface area contributed by atoms with E-state index in [1.54, 1.807) is 16.8 Å². The van der Waals surface area contributed by atoms with Gasteiger partial charge in [0.25, 0.3) is 0 Å². The molecule has 0 N–H and O–H groups in total. The number of imidazole rings is 1. The van der Waals surface area contributed by atoms with Gasteiger partial charge in [0.1, 0.15) is 12.5 Å². The number of benzene rings is 1. The fraction of sp³-hybridized carbons (Fsp3) is 0.409. The molecule has 1 amide bonds. The predicted molar refractivity (Wildman–Crippen MR) is 118 cm³/mol. The zero-order valence-corrected chi connectivity index (χ0v) is 17.7. The summed E-state index contributed by atoms with van der Waals surface area (Å²) in [6, 6.07) is 7.86. The van der Waals surface area contributed by atoms with Crippen molar-refractivity contribution >= 4 is 27.5 Å². The minimum absolute atomic E-state index is 0.0370. The highest BCUT2D eigenvalue weighted by Crippen LogP contribution is 2.27. The smallest absolute Gasteiger partial charge is 0.309 e. The third kappa shape index (κ3) is 4.39. The van der Waals surface area contributed by atoms with Crippen molar-refractivity contribution in [2.24, 2.45) is 0 Å². The molecule has 0 aliphatic carbocycles. The number of ether oxygens (including phenoxy) is 1. The Hall–Kier alpha value is -2.71. The molecule has 0 radical (unpaired) electrons. The monoisotopic (exact) mass is 426 g/mol. The molecule has 0 unspecified atom stereocenters. The third-order valence-electron chi connectivity index (χ3n) is 5.52. The van der Waals surface area contributed by atoms with Crippen LogP contribution in [0.25, 0.3) is 10.2 Å². The van der Waals surface area contributed by atoms with Crippen molar-refractivity contribution in [3.05, 3.63) is 64.8 Å². The number of para-hydroxylation sites is 1. The lowest BCUT2D eigenvalue weighted by molar-refractivity contribution is -0.133. The van der Waals surface area contributed by atoms with Gasteiger partial charge in [-0.15, -0.1) is 6.58 Å². The number of carbonyl (C=O) groups is 1. The summed E-state index contributed by atoms with van der Waals surface area (Å²) in [6.45, 7) is 6.40. The summed E-state index contributed by atoms with van der Waals surface area (Å²) < 4.78 is 10.2. The number of carbonyl (C=O) groups excluding carboxylic acids is 1. The van der Waals surface area contributed by atoms with E-state index in [1.165, 1.54) is 11.3 Å². The second kappa shape index (κ2) is 9.40. The van der Waals surface area contributed by atoms with Gasteiger partial charge in [-0.3, -0.25) is 14.2 Å². The van der Waals surface area contributed by atoms with Gasteiger partial charge >= 0.3 is 4.87 Å². The van der Waals surface area contributed by atoms with E-state index >= 15 is 0 Å². The molecule has 4 rings (SSSR count). The van der Waals surface area contributed by atoms with Gasteiger partial charge < -0.3 is 14.2 Å². The third-order valence-corrected chi connectivity index (χ3v) is 6.48. The zero-order valence-electron chi connectivity index (χ0n) is 16.9. The maximum Gasteiger partial charge on any atom is 0.309 e. The topological polar surface area (TPSA) is 69.4 Å². The Labute approximate surface area is 179 Å². The molecule has 3 heterocycles. The molecular formula is C22H26N4O3S. The van der Waals surface area contributed by atoms with E-state index in [2.05, 4.69) is 16.1 Å². The lowest BCUT2D eigenvalue weighted by atomic mass is 9.95. The number of likely N-dealkylation sites (tertiary alicyclic amines) is 1. The van der Waals surface area contributed by atoms with Gasteiger partial charge in [0, 0.05) is 31.4 Å². The first-order chi connectivity index (χ1) is 14.7. The first kappa shape index (κ1) is 20.6. The molecule has 0 atom stereocenters. The molecule has 8 heteroatoms. The molecule has 7 nitrogen and oxygen atoms in total. The number of aromatic nitrogens is 3. The van der Waals surface area contributed by atoms with Crippen LogP contribution >= 0.6 is 11.3 Å². The molecular weight excluding hydrogens is 400 g/mol. The minimum Gasteiger partial charge on any atom is -0.377 e. The first-order valence-electron chi connectivity index (χ1n) is 10.2. The molecule has 158 valence electrons. The highest BCUT2D eigenvalue weighted by molar-refractivity contribution is 7.16. The van der Waals surface area contributed by atoms with Crippen LogP contribution in [0.4, 0.5) is 0 Å². The van der Waals surface area contributed by atoms with Crippen molar-refractivity contribution in [3.8, 4) is 0 Å². The number of rotatable bonds is 8. The summed E-state index contributed by atoms with van der Waals surface area (Å²) in [6.07, 6.45) is 7.56. The number of nitrogens with zero attached hydrogens (tertiary/aromatic N) is 4. The average molecular weight is 427 g/mol. The molecule has 1 saturated heterocycles. The normalized spacial score (nSPS) is 15.0. The van der Waals surface area contributed by atoms with E-state index in [1.807, 2.05) is 35.4 Å². The van der Waals surface area contributed by atoms with Gasteiger partial charge in [-0.25, -0.2) is 4.98 Å². The molecule has 30 heavy (non-hydrogen) atoms. The van der Waals surface area contributed by atoms with Gasteiger partial charge in [0.05, 0.1) is 29.9 Å². The Balaban J connectivity index is 1.40. The summed E-state index contributed by atoms with van der Waals surface area (Å²) in [7, 11) is 0. The molecule has 0 bridgehead atoms. The molecule has 1 aromatic carbocycles. The van der Waals surface area contributed by atoms with Crippen LogP contribution in [-0.4, -0.2) is 51.2 Å². The molecule has 1 aliphatic heterocycles. The number of fused-ring (bicyclic) bond motifs is 1. The minimum atomic E-state index is 0.0370.